The smallest absolute Gasteiger partial charge is 0.257 e. The van der Waals surface area contributed by atoms with Gasteiger partial charge < -0.3 is 9.64 Å². The van der Waals surface area contributed by atoms with E-state index in [0.717, 1.165) is 24.8 Å². The molecule has 0 bridgehead atoms. The van der Waals surface area contributed by atoms with Crippen molar-refractivity contribution in [3.05, 3.63) is 59.2 Å². The van der Waals surface area contributed by atoms with Crippen molar-refractivity contribution in [2.75, 3.05) is 20.2 Å². The van der Waals surface area contributed by atoms with Crippen LogP contribution in [0.2, 0.25) is 0 Å². The van der Waals surface area contributed by atoms with Crippen LogP contribution < -0.4 is 9.46 Å². The highest BCUT2D eigenvalue weighted by atomic mass is 32.2. The zero-order chi connectivity index (χ0) is 21.0. The first-order valence-corrected chi connectivity index (χ1v) is 11.4. The number of methoxy groups -OCH3 is 1. The molecule has 6 nitrogen and oxygen atoms in total. The summed E-state index contributed by atoms with van der Waals surface area (Å²) < 4.78 is 33.9. The molecule has 0 radical (unpaired) electrons. The van der Waals surface area contributed by atoms with Crippen LogP contribution in [0.1, 0.15) is 54.2 Å². The maximum atomic E-state index is 13.0. The number of amides is 1. The Labute approximate surface area is 172 Å². The molecule has 1 aliphatic rings. The van der Waals surface area contributed by atoms with Crippen LogP contribution in [0.25, 0.3) is 0 Å². The molecule has 29 heavy (non-hydrogen) atoms. The summed E-state index contributed by atoms with van der Waals surface area (Å²) in [5, 5.41) is 0. The normalized spacial score (nSPS) is 15.3. The zero-order valence-corrected chi connectivity index (χ0v) is 18.0. The molecule has 2 aromatic carbocycles. The second-order valence-electron chi connectivity index (χ2n) is 7.30. The predicted octanol–water partition coefficient (Wildman–Crippen LogP) is 3.53. The van der Waals surface area contributed by atoms with E-state index in [1.54, 1.807) is 17.9 Å². The minimum atomic E-state index is -3.80. The van der Waals surface area contributed by atoms with Gasteiger partial charge in [0.25, 0.3) is 5.91 Å². The lowest BCUT2D eigenvalue weighted by molar-refractivity contribution is 0.0789. The second-order valence-corrected chi connectivity index (χ2v) is 9.01. The SMILES string of the molecule is CCc1ccc([C@H](C)NS(=O)(=O)c2ccc(OC)c(C(=O)N3CCCC3)c2)cc1. The lowest BCUT2D eigenvalue weighted by Gasteiger charge is -2.19. The van der Waals surface area contributed by atoms with Crippen LogP contribution in [-0.2, 0) is 16.4 Å². The minimum absolute atomic E-state index is 0.0536. The van der Waals surface area contributed by atoms with Crippen LogP contribution in [0.15, 0.2) is 47.4 Å². The molecular weight excluding hydrogens is 388 g/mol. The van der Waals surface area contributed by atoms with Gasteiger partial charge in [0.05, 0.1) is 17.6 Å². The van der Waals surface area contributed by atoms with Crippen LogP contribution in [0.5, 0.6) is 5.75 Å². The number of hydrogen-bond acceptors (Lipinski definition) is 4. The molecule has 1 fully saturated rings. The number of ether oxygens (including phenoxy) is 1. The van der Waals surface area contributed by atoms with Gasteiger partial charge in [-0.15, -0.1) is 0 Å². The molecule has 1 aliphatic heterocycles. The Bertz CT molecular complexity index is 965. The molecular formula is C22H28N2O4S. The van der Waals surface area contributed by atoms with E-state index in [4.69, 9.17) is 4.74 Å². The summed E-state index contributed by atoms with van der Waals surface area (Å²) in [5.74, 6) is 0.184. The van der Waals surface area contributed by atoms with Crippen LogP contribution in [0.4, 0.5) is 0 Å². The van der Waals surface area contributed by atoms with Crippen LogP contribution in [0.3, 0.4) is 0 Å². The first kappa shape index (κ1) is 21.3. The molecule has 1 amide bonds. The first-order chi connectivity index (χ1) is 13.9. The Balaban J connectivity index is 1.85. The van der Waals surface area contributed by atoms with Crippen molar-refractivity contribution < 1.29 is 17.9 Å². The van der Waals surface area contributed by atoms with Gasteiger partial charge in [-0.25, -0.2) is 13.1 Å². The fourth-order valence-electron chi connectivity index (χ4n) is 3.52. The van der Waals surface area contributed by atoms with E-state index in [2.05, 4.69) is 11.6 Å². The van der Waals surface area contributed by atoms with Gasteiger partial charge in [0.15, 0.2) is 0 Å². The molecule has 0 aromatic heterocycles. The van der Waals surface area contributed by atoms with Gasteiger partial charge in [0.2, 0.25) is 10.0 Å². The quantitative estimate of drug-likeness (QED) is 0.749. The van der Waals surface area contributed by atoms with Gasteiger partial charge in [0.1, 0.15) is 5.75 Å². The molecule has 2 aromatic rings. The highest BCUT2D eigenvalue weighted by Crippen LogP contribution is 2.26. The highest BCUT2D eigenvalue weighted by Gasteiger charge is 2.26. The number of nitrogens with zero attached hydrogens (tertiary/aromatic N) is 1. The van der Waals surface area contributed by atoms with Crippen LogP contribution in [0, 0.1) is 0 Å². The Morgan fingerprint density at radius 2 is 1.79 bits per heavy atom. The highest BCUT2D eigenvalue weighted by molar-refractivity contribution is 7.89. The number of carbonyl (C=O) groups excluding carboxylic acids is 1. The van der Waals surface area contributed by atoms with Gasteiger partial charge in [-0.05, 0) is 55.5 Å². The number of sulfonamides is 1. The van der Waals surface area contributed by atoms with Crippen molar-refractivity contribution in [2.45, 2.75) is 44.0 Å². The average Bonchev–Trinajstić information content (AvgIpc) is 3.27. The monoisotopic (exact) mass is 416 g/mol. The van der Waals surface area contributed by atoms with Crippen molar-refractivity contribution in [2.24, 2.45) is 0 Å². The van der Waals surface area contributed by atoms with E-state index in [1.807, 2.05) is 24.3 Å². The summed E-state index contributed by atoms with van der Waals surface area (Å²) in [7, 11) is -2.33. The molecule has 1 heterocycles. The molecule has 0 spiro atoms. The fraction of sp³-hybridized carbons (Fsp3) is 0.409. The summed E-state index contributed by atoms with van der Waals surface area (Å²) in [4.78, 5) is 14.6. The van der Waals surface area contributed by atoms with E-state index >= 15 is 0 Å². The van der Waals surface area contributed by atoms with E-state index in [0.29, 0.717) is 18.8 Å². The van der Waals surface area contributed by atoms with Crippen LogP contribution in [-0.4, -0.2) is 39.4 Å². The Morgan fingerprint density at radius 3 is 2.38 bits per heavy atom. The van der Waals surface area contributed by atoms with Crippen molar-refractivity contribution in [3.8, 4) is 5.75 Å². The lowest BCUT2D eigenvalue weighted by Crippen LogP contribution is -2.29. The third-order valence-electron chi connectivity index (χ3n) is 5.32. The van der Waals surface area contributed by atoms with E-state index < -0.39 is 16.1 Å². The summed E-state index contributed by atoms with van der Waals surface area (Å²) in [6, 6.07) is 11.9. The van der Waals surface area contributed by atoms with Gasteiger partial charge in [-0.2, -0.15) is 0 Å². The average molecular weight is 417 g/mol. The summed E-state index contributed by atoms with van der Waals surface area (Å²) in [6.07, 6.45) is 2.85. The van der Waals surface area contributed by atoms with E-state index in [-0.39, 0.29) is 16.4 Å². The molecule has 1 N–H and O–H groups in total. The number of carbonyl (C=O) groups is 1. The third-order valence-corrected chi connectivity index (χ3v) is 6.86. The van der Waals surface area contributed by atoms with E-state index in [1.165, 1.54) is 24.8 Å². The second kappa shape index (κ2) is 8.97. The van der Waals surface area contributed by atoms with Gasteiger partial charge in [-0.3, -0.25) is 4.79 Å². The first-order valence-electron chi connectivity index (χ1n) is 9.94. The Kier molecular flexibility index (Phi) is 6.59. The summed E-state index contributed by atoms with van der Waals surface area (Å²) in [6.45, 7) is 5.24. The molecule has 7 heteroatoms. The zero-order valence-electron chi connectivity index (χ0n) is 17.1. The fourth-order valence-corrected chi connectivity index (χ4v) is 4.78. The molecule has 1 saturated heterocycles. The molecule has 0 unspecified atom stereocenters. The van der Waals surface area contributed by atoms with Crippen molar-refractivity contribution >= 4 is 15.9 Å². The lowest BCUT2D eigenvalue weighted by atomic mass is 10.1. The van der Waals surface area contributed by atoms with Crippen molar-refractivity contribution in [3.63, 3.8) is 0 Å². The number of benzene rings is 2. The standard InChI is InChI=1S/C22H28N2O4S/c1-4-17-7-9-18(10-8-17)16(2)23-29(26,27)19-11-12-21(28-3)20(15-19)22(25)24-13-5-6-14-24/h7-12,15-16,23H,4-6,13-14H2,1-3H3/t16-/m0/s1. The number of nitrogens with one attached hydrogen (secondary N) is 1. The van der Waals surface area contributed by atoms with Gasteiger partial charge in [-0.1, -0.05) is 31.2 Å². The van der Waals surface area contributed by atoms with Crippen LogP contribution >= 0.6 is 0 Å². The third kappa shape index (κ3) is 4.79. The number of likely N-dealkylation sites (tertiary alicyclic amines) is 1. The number of aryl methyl sites for hydroxylation is 1. The number of rotatable bonds is 7. The Morgan fingerprint density at radius 1 is 1.14 bits per heavy atom. The van der Waals surface area contributed by atoms with E-state index in [9.17, 15) is 13.2 Å². The van der Waals surface area contributed by atoms with Gasteiger partial charge in [0, 0.05) is 19.1 Å². The molecule has 156 valence electrons. The topological polar surface area (TPSA) is 75.7 Å². The Hall–Kier alpha value is -2.38. The largest absolute Gasteiger partial charge is 0.496 e. The van der Waals surface area contributed by atoms with Crippen molar-refractivity contribution in [1.82, 2.24) is 9.62 Å². The van der Waals surface area contributed by atoms with Gasteiger partial charge >= 0.3 is 0 Å². The summed E-state index contributed by atoms with van der Waals surface area (Å²) in [5.41, 5.74) is 2.36. The molecule has 1 atom stereocenters. The summed E-state index contributed by atoms with van der Waals surface area (Å²) >= 11 is 0. The predicted molar refractivity (Wildman–Crippen MR) is 113 cm³/mol. The molecule has 0 saturated carbocycles. The molecule has 0 aliphatic carbocycles. The maximum absolute atomic E-state index is 13.0. The maximum Gasteiger partial charge on any atom is 0.257 e. The molecule has 3 rings (SSSR count). The van der Waals surface area contributed by atoms with Crippen molar-refractivity contribution in [1.29, 1.82) is 0 Å². The number of hydrogen-bond donors (Lipinski definition) is 1. The minimum Gasteiger partial charge on any atom is -0.496 e.